The highest BCUT2D eigenvalue weighted by Crippen LogP contribution is 2.29. The van der Waals surface area contributed by atoms with Crippen LogP contribution in [0.4, 0.5) is 0 Å². The van der Waals surface area contributed by atoms with E-state index in [4.69, 9.17) is 9.84 Å². The normalized spacial score (nSPS) is 28.3. The fraction of sp³-hybridized carbons (Fsp3) is 0.650. The molecule has 0 aromatic carbocycles. The van der Waals surface area contributed by atoms with Crippen LogP contribution in [0.15, 0.2) is 36.5 Å². The summed E-state index contributed by atoms with van der Waals surface area (Å²) in [7, 11) is 0. The molecule has 1 heterocycles. The number of ether oxygens (including phenoxy) is 1. The molecule has 0 amide bonds. The molecule has 4 N–H and O–H groups in total. The summed E-state index contributed by atoms with van der Waals surface area (Å²) in [5, 5.41) is 38.6. The van der Waals surface area contributed by atoms with Gasteiger partial charge in [0.2, 0.25) is 0 Å². The third kappa shape index (κ3) is 9.29. The van der Waals surface area contributed by atoms with Crippen molar-refractivity contribution in [1.82, 2.24) is 0 Å². The summed E-state index contributed by atoms with van der Waals surface area (Å²) in [6, 6.07) is 0. The molecule has 1 aliphatic heterocycles. The fourth-order valence-corrected chi connectivity index (χ4v) is 2.88. The maximum atomic E-state index is 10.5. The van der Waals surface area contributed by atoms with Gasteiger partial charge >= 0.3 is 5.97 Å². The fourth-order valence-electron chi connectivity index (χ4n) is 2.88. The minimum Gasteiger partial charge on any atom is -0.481 e. The average Bonchev–Trinajstić information content (AvgIpc) is 2.57. The number of carboxylic acid groups (broad SMARTS) is 1. The Balaban J connectivity index is 2.56. The summed E-state index contributed by atoms with van der Waals surface area (Å²) in [5.74, 6) is -1.02. The van der Waals surface area contributed by atoms with Gasteiger partial charge in [-0.15, -0.1) is 0 Å². The Bertz CT molecular complexity index is 485. The van der Waals surface area contributed by atoms with Crippen molar-refractivity contribution in [2.45, 2.75) is 76.5 Å². The molecule has 1 aliphatic rings. The van der Waals surface area contributed by atoms with Gasteiger partial charge in [0.05, 0.1) is 18.3 Å². The van der Waals surface area contributed by atoms with Gasteiger partial charge in [-0.05, 0) is 32.1 Å². The molecular formula is C20H32O6. The standard InChI is InChI=1S/C20H32O6/c1-2-3-6-9-15(21)12-13-18-16(17(22)14-20(25)26-18)10-7-4-5-8-11-19(23)24/h3-4,6-7,12-13,15-18,20-22,25H,2,5,8-11,14H2,1H3,(H,23,24)/b6-3-,7-4-,13-12+/t15-,16-,17-,18-,20-/m1/s1. The highest BCUT2D eigenvalue weighted by Gasteiger charge is 2.35. The Morgan fingerprint density at radius 1 is 1.23 bits per heavy atom. The van der Waals surface area contributed by atoms with E-state index < -0.39 is 30.6 Å². The molecule has 148 valence electrons. The minimum atomic E-state index is -1.02. The first-order valence-corrected chi connectivity index (χ1v) is 9.33. The highest BCUT2D eigenvalue weighted by molar-refractivity contribution is 5.66. The van der Waals surface area contributed by atoms with Gasteiger partial charge in [-0.3, -0.25) is 4.79 Å². The van der Waals surface area contributed by atoms with Crippen LogP contribution >= 0.6 is 0 Å². The Morgan fingerprint density at radius 3 is 2.69 bits per heavy atom. The zero-order valence-corrected chi connectivity index (χ0v) is 15.4. The Labute approximate surface area is 155 Å². The van der Waals surface area contributed by atoms with E-state index in [0.717, 1.165) is 6.42 Å². The topological polar surface area (TPSA) is 107 Å². The summed E-state index contributed by atoms with van der Waals surface area (Å²) >= 11 is 0. The molecule has 1 saturated heterocycles. The van der Waals surface area contributed by atoms with Gasteiger partial charge in [0.15, 0.2) is 6.29 Å². The lowest BCUT2D eigenvalue weighted by Crippen LogP contribution is -2.43. The molecule has 0 spiro atoms. The third-order valence-corrected chi connectivity index (χ3v) is 4.31. The molecule has 26 heavy (non-hydrogen) atoms. The third-order valence-electron chi connectivity index (χ3n) is 4.31. The highest BCUT2D eigenvalue weighted by atomic mass is 16.6. The van der Waals surface area contributed by atoms with Crippen molar-refractivity contribution in [3.05, 3.63) is 36.5 Å². The van der Waals surface area contributed by atoms with Crippen molar-refractivity contribution < 1.29 is 30.0 Å². The van der Waals surface area contributed by atoms with Crippen LogP contribution in [-0.2, 0) is 9.53 Å². The molecule has 6 heteroatoms. The van der Waals surface area contributed by atoms with Crippen molar-refractivity contribution in [2.75, 3.05) is 0 Å². The number of hydrogen-bond donors (Lipinski definition) is 4. The second-order valence-corrected chi connectivity index (χ2v) is 6.58. The molecule has 5 atom stereocenters. The van der Waals surface area contributed by atoms with E-state index in [1.807, 2.05) is 31.2 Å². The predicted molar refractivity (Wildman–Crippen MR) is 99.4 cm³/mol. The zero-order valence-electron chi connectivity index (χ0n) is 15.4. The quantitative estimate of drug-likeness (QED) is 0.330. The van der Waals surface area contributed by atoms with Crippen molar-refractivity contribution in [3.8, 4) is 0 Å². The number of aliphatic carboxylic acids is 1. The van der Waals surface area contributed by atoms with Crippen molar-refractivity contribution in [2.24, 2.45) is 5.92 Å². The number of carboxylic acids is 1. The number of rotatable bonds is 11. The van der Waals surface area contributed by atoms with Crippen LogP contribution in [0.2, 0.25) is 0 Å². The van der Waals surface area contributed by atoms with Gasteiger partial charge < -0.3 is 25.2 Å². The van der Waals surface area contributed by atoms with Crippen LogP contribution in [0.3, 0.4) is 0 Å². The monoisotopic (exact) mass is 368 g/mol. The number of allylic oxidation sites excluding steroid dienone is 3. The van der Waals surface area contributed by atoms with E-state index in [-0.39, 0.29) is 18.8 Å². The predicted octanol–water partition coefficient (Wildman–Crippen LogP) is 2.55. The molecule has 1 rings (SSSR count). The van der Waals surface area contributed by atoms with Gasteiger partial charge in [0, 0.05) is 18.8 Å². The van der Waals surface area contributed by atoms with E-state index in [9.17, 15) is 20.1 Å². The summed E-state index contributed by atoms with van der Waals surface area (Å²) in [4.78, 5) is 10.5. The first-order chi connectivity index (χ1) is 12.4. The SMILES string of the molecule is CC/C=C\C[C@@H](O)/C=C/[C@H]1O[C@@H](O)C[C@@H](O)[C@H]1C/C=C\CCCC(=O)O. The van der Waals surface area contributed by atoms with Crippen molar-refractivity contribution >= 4 is 5.97 Å². The molecule has 0 bridgehead atoms. The average molecular weight is 368 g/mol. The number of unbranched alkanes of at least 4 members (excludes halogenated alkanes) is 1. The Kier molecular flexibility index (Phi) is 11.1. The van der Waals surface area contributed by atoms with Gasteiger partial charge in [0.25, 0.3) is 0 Å². The lowest BCUT2D eigenvalue weighted by atomic mass is 9.87. The summed E-state index contributed by atoms with van der Waals surface area (Å²) in [5.41, 5.74) is 0. The van der Waals surface area contributed by atoms with Crippen LogP contribution in [0.5, 0.6) is 0 Å². The molecule has 0 aromatic heterocycles. The molecule has 0 aromatic rings. The molecule has 0 radical (unpaired) electrons. The maximum absolute atomic E-state index is 10.5. The largest absolute Gasteiger partial charge is 0.481 e. The van der Waals surface area contributed by atoms with Gasteiger partial charge in [-0.25, -0.2) is 0 Å². The van der Waals surface area contributed by atoms with Gasteiger partial charge in [-0.1, -0.05) is 43.4 Å². The Hall–Kier alpha value is -1.47. The molecule has 0 aliphatic carbocycles. The molecule has 0 unspecified atom stereocenters. The van der Waals surface area contributed by atoms with Gasteiger partial charge in [0.1, 0.15) is 0 Å². The number of carbonyl (C=O) groups is 1. The van der Waals surface area contributed by atoms with E-state index in [2.05, 4.69) is 0 Å². The lowest BCUT2D eigenvalue weighted by molar-refractivity contribution is -0.199. The smallest absolute Gasteiger partial charge is 0.303 e. The molecule has 6 nitrogen and oxygen atoms in total. The zero-order chi connectivity index (χ0) is 19.4. The molecule has 0 saturated carbocycles. The minimum absolute atomic E-state index is 0.140. The first-order valence-electron chi connectivity index (χ1n) is 9.33. The van der Waals surface area contributed by atoms with Crippen molar-refractivity contribution in [3.63, 3.8) is 0 Å². The van der Waals surface area contributed by atoms with Crippen LogP contribution < -0.4 is 0 Å². The van der Waals surface area contributed by atoms with E-state index in [0.29, 0.717) is 25.7 Å². The van der Waals surface area contributed by atoms with Crippen LogP contribution in [0.1, 0.15) is 51.9 Å². The summed E-state index contributed by atoms with van der Waals surface area (Å²) in [6.45, 7) is 2.02. The second kappa shape index (κ2) is 12.8. The van der Waals surface area contributed by atoms with Gasteiger partial charge in [-0.2, -0.15) is 0 Å². The first kappa shape index (κ1) is 22.6. The molecule has 1 fully saturated rings. The van der Waals surface area contributed by atoms with E-state index in [1.54, 1.807) is 12.2 Å². The van der Waals surface area contributed by atoms with Crippen molar-refractivity contribution in [1.29, 1.82) is 0 Å². The number of aliphatic hydroxyl groups excluding tert-OH is 3. The summed E-state index contributed by atoms with van der Waals surface area (Å²) in [6.07, 6.45) is 11.8. The second-order valence-electron chi connectivity index (χ2n) is 6.58. The summed E-state index contributed by atoms with van der Waals surface area (Å²) < 4.78 is 5.52. The van der Waals surface area contributed by atoms with Crippen LogP contribution in [0, 0.1) is 5.92 Å². The lowest BCUT2D eigenvalue weighted by Gasteiger charge is -2.36. The maximum Gasteiger partial charge on any atom is 0.303 e. The Morgan fingerprint density at radius 2 is 2.00 bits per heavy atom. The molecular weight excluding hydrogens is 336 g/mol. The van der Waals surface area contributed by atoms with E-state index in [1.165, 1.54) is 0 Å². The van der Waals surface area contributed by atoms with Crippen LogP contribution in [0.25, 0.3) is 0 Å². The van der Waals surface area contributed by atoms with E-state index >= 15 is 0 Å². The number of aliphatic hydroxyl groups is 3. The van der Waals surface area contributed by atoms with Crippen LogP contribution in [-0.4, -0.2) is 51.0 Å². The number of hydrogen-bond acceptors (Lipinski definition) is 5.